The molecule has 2 fully saturated rings. The normalized spacial score (nSPS) is 19.7. The molecule has 1 atom stereocenters. The van der Waals surface area contributed by atoms with Crippen LogP contribution in [0, 0.1) is 6.92 Å². The van der Waals surface area contributed by atoms with E-state index in [4.69, 9.17) is 4.74 Å². The second-order valence-electron chi connectivity index (χ2n) is 9.74. The molecule has 0 N–H and O–H groups in total. The van der Waals surface area contributed by atoms with E-state index in [0.717, 1.165) is 63.0 Å². The van der Waals surface area contributed by atoms with Crippen LogP contribution in [-0.2, 0) is 0 Å². The van der Waals surface area contributed by atoms with E-state index < -0.39 is 0 Å². The highest BCUT2D eigenvalue weighted by molar-refractivity contribution is 5.92. The Balaban J connectivity index is 1.15. The van der Waals surface area contributed by atoms with Crippen LogP contribution < -0.4 is 4.74 Å². The molecular formula is C27H35N5O2. The van der Waals surface area contributed by atoms with Gasteiger partial charge in [-0.3, -0.25) is 9.78 Å². The molecule has 1 aromatic carbocycles. The summed E-state index contributed by atoms with van der Waals surface area (Å²) in [7, 11) is 0. The molecule has 2 saturated heterocycles. The van der Waals surface area contributed by atoms with Crippen LogP contribution in [0.15, 0.2) is 42.9 Å². The summed E-state index contributed by atoms with van der Waals surface area (Å²) >= 11 is 0. The molecule has 2 aliphatic heterocycles. The number of aryl methyl sites for hydroxylation is 1. The molecule has 0 saturated carbocycles. The van der Waals surface area contributed by atoms with Gasteiger partial charge in [0, 0.05) is 55.0 Å². The van der Waals surface area contributed by atoms with Crippen LogP contribution in [0.3, 0.4) is 0 Å². The van der Waals surface area contributed by atoms with E-state index >= 15 is 0 Å². The van der Waals surface area contributed by atoms with Crippen molar-refractivity contribution in [2.75, 3.05) is 32.8 Å². The fourth-order valence-electron chi connectivity index (χ4n) is 5.35. The van der Waals surface area contributed by atoms with Crippen LogP contribution in [0.5, 0.6) is 5.75 Å². The summed E-state index contributed by atoms with van der Waals surface area (Å²) < 4.78 is 8.43. The molecule has 0 spiro atoms. The van der Waals surface area contributed by atoms with Crippen LogP contribution in [0.25, 0.3) is 10.9 Å². The lowest BCUT2D eigenvalue weighted by Gasteiger charge is -2.33. The van der Waals surface area contributed by atoms with Crippen LogP contribution in [0.4, 0.5) is 0 Å². The van der Waals surface area contributed by atoms with Gasteiger partial charge in [-0.1, -0.05) is 0 Å². The molecule has 0 radical (unpaired) electrons. The largest absolute Gasteiger partial charge is 0.494 e. The van der Waals surface area contributed by atoms with Gasteiger partial charge in [0.1, 0.15) is 11.4 Å². The zero-order valence-corrected chi connectivity index (χ0v) is 20.3. The number of rotatable bonds is 7. The van der Waals surface area contributed by atoms with Gasteiger partial charge < -0.3 is 19.1 Å². The Labute approximate surface area is 201 Å². The van der Waals surface area contributed by atoms with Crippen molar-refractivity contribution in [2.24, 2.45) is 0 Å². The molecular weight excluding hydrogens is 426 g/mol. The number of aromatic nitrogens is 3. The number of nitrogens with zero attached hydrogens (tertiary/aromatic N) is 5. The second kappa shape index (κ2) is 10.1. The van der Waals surface area contributed by atoms with Gasteiger partial charge in [0.05, 0.1) is 18.5 Å². The first-order valence-corrected chi connectivity index (χ1v) is 12.6. The van der Waals surface area contributed by atoms with E-state index in [1.165, 1.54) is 30.3 Å². The topological polar surface area (TPSA) is 63.5 Å². The zero-order chi connectivity index (χ0) is 23.5. The minimum atomic E-state index is -0.0238. The smallest absolute Gasteiger partial charge is 0.274 e. The monoisotopic (exact) mass is 461 g/mol. The molecule has 34 heavy (non-hydrogen) atoms. The number of hydrogen-bond donors (Lipinski definition) is 0. The minimum Gasteiger partial charge on any atom is -0.494 e. The number of amides is 1. The van der Waals surface area contributed by atoms with Crippen LogP contribution in [0.1, 0.15) is 61.3 Å². The Morgan fingerprint density at radius 3 is 2.68 bits per heavy atom. The van der Waals surface area contributed by atoms with Gasteiger partial charge in [0.2, 0.25) is 0 Å². The summed E-state index contributed by atoms with van der Waals surface area (Å²) in [6.07, 6.45) is 11.0. The summed E-state index contributed by atoms with van der Waals surface area (Å²) in [6, 6.07) is 9.70. The average Bonchev–Trinajstić information content (AvgIpc) is 3.47. The molecule has 0 aliphatic carbocycles. The summed E-state index contributed by atoms with van der Waals surface area (Å²) in [5, 5.41) is 1.21. The lowest BCUT2D eigenvalue weighted by molar-refractivity contribution is 0.0689. The third kappa shape index (κ3) is 4.94. The highest BCUT2D eigenvalue weighted by Crippen LogP contribution is 2.30. The molecule has 180 valence electrons. The molecule has 0 bridgehead atoms. The van der Waals surface area contributed by atoms with E-state index in [-0.39, 0.29) is 5.91 Å². The molecule has 4 heterocycles. The van der Waals surface area contributed by atoms with Crippen molar-refractivity contribution >= 4 is 16.8 Å². The summed E-state index contributed by atoms with van der Waals surface area (Å²) in [6.45, 7) is 8.77. The molecule has 7 nitrogen and oxygen atoms in total. The van der Waals surface area contributed by atoms with Gasteiger partial charge in [0.25, 0.3) is 5.91 Å². The van der Waals surface area contributed by atoms with Crippen LogP contribution >= 0.6 is 0 Å². The second-order valence-corrected chi connectivity index (χ2v) is 9.74. The Kier molecular flexibility index (Phi) is 6.81. The number of carbonyl (C=O) groups excluding carboxylic acids is 1. The van der Waals surface area contributed by atoms with Crippen molar-refractivity contribution < 1.29 is 9.53 Å². The van der Waals surface area contributed by atoms with Crippen molar-refractivity contribution in [2.45, 2.75) is 58.0 Å². The molecule has 2 aliphatic rings. The maximum atomic E-state index is 12.8. The first-order valence-electron chi connectivity index (χ1n) is 12.6. The number of ether oxygens (including phenoxy) is 1. The number of piperidine rings is 1. The maximum absolute atomic E-state index is 12.8. The Hall–Kier alpha value is -2.93. The lowest BCUT2D eigenvalue weighted by atomic mass is 10.0. The quantitative estimate of drug-likeness (QED) is 0.486. The summed E-state index contributed by atoms with van der Waals surface area (Å²) in [4.78, 5) is 25.7. The van der Waals surface area contributed by atoms with E-state index in [1.54, 1.807) is 12.4 Å². The molecule has 3 aromatic rings. The number of hydrogen-bond acceptors (Lipinski definition) is 5. The third-order valence-corrected chi connectivity index (χ3v) is 7.39. The number of likely N-dealkylation sites (tertiary alicyclic amines) is 2. The van der Waals surface area contributed by atoms with Gasteiger partial charge >= 0.3 is 0 Å². The number of fused-ring (bicyclic) bond motifs is 1. The Morgan fingerprint density at radius 1 is 1.09 bits per heavy atom. The zero-order valence-electron chi connectivity index (χ0n) is 20.3. The van der Waals surface area contributed by atoms with Crippen molar-refractivity contribution in [1.82, 2.24) is 24.3 Å². The van der Waals surface area contributed by atoms with E-state index in [0.29, 0.717) is 11.7 Å². The van der Waals surface area contributed by atoms with Gasteiger partial charge in [-0.05, 0) is 76.8 Å². The first-order chi connectivity index (χ1) is 16.6. The van der Waals surface area contributed by atoms with E-state index in [1.807, 2.05) is 11.8 Å². The molecule has 7 heteroatoms. The van der Waals surface area contributed by atoms with Crippen LogP contribution in [0.2, 0.25) is 0 Å². The Bertz CT molecular complexity index is 1120. The lowest BCUT2D eigenvalue weighted by Crippen LogP contribution is -2.39. The van der Waals surface area contributed by atoms with Gasteiger partial charge in [-0.2, -0.15) is 0 Å². The fourth-order valence-corrected chi connectivity index (χ4v) is 5.35. The van der Waals surface area contributed by atoms with E-state index in [9.17, 15) is 4.79 Å². The molecule has 5 rings (SSSR count). The third-order valence-electron chi connectivity index (χ3n) is 7.39. The SMILES string of the molecule is Cc1cnc(C(=O)N2CCC(n3ccc4cc(OCCCN5CCC[C@H]5C)ccc43)CC2)cn1. The van der Waals surface area contributed by atoms with E-state index in [2.05, 4.69) is 56.8 Å². The predicted octanol–water partition coefficient (Wildman–Crippen LogP) is 4.47. The average molecular weight is 462 g/mol. The van der Waals surface area contributed by atoms with Gasteiger partial charge in [-0.15, -0.1) is 0 Å². The summed E-state index contributed by atoms with van der Waals surface area (Å²) in [5.74, 6) is 0.920. The summed E-state index contributed by atoms with van der Waals surface area (Å²) in [5.41, 5.74) is 2.48. The molecule has 0 unspecified atom stereocenters. The minimum absolute atomic E-state index is 0.0238. The highest BCUT2D eigenvalue weighted by Gasteiger charge is 2.26. The Morgan fingerprint density at radius 2 is 1.94 bits per heavy atom. The molecule has 2 aromatic heterocycles. The van der Waals surface area contributed by atoms with Gasteiger partial charge in [0.15, 0.2) is 0 Å². The number of benzene rings is 1. The fraction of sp³-hybridized carbons (Fsp3) is 0.519. The maximum Gasteiger partial charge on any atom is 0.274 e. The van der Waals surface area contributed by atoms with Crippen LogP contribution in [-0.4, -0.2) is 69.1 Å². The number of carbonyl (C=O) groups is 1. The van der Waals surface area contributed by atoms with Crippen molar-refractivity contribution in [3.63, 3.8) is 0 Å². The van der Waals surface area contributed by atoms with Crippen molar-refractivity contribution in [1.29, 1.82) is 0 Å². The predicted molar refractivity (Wildman–Crippen MR) is 133 cm³/mol. The van der Waals surface area contributed by atoms with Gasteiger partial charge in [-0.25, -0.2) is 4.98 Å². The standard InChI is InChI=1S/C27H35N5O2/c1-20-18-29-25(19-28-20)27(33)31-13-9-23(10-14-31)32-15-8-22-17-24(6-7-26(22)32)34-16-4-12-30-11-3-5-21(30)2/h6-8,15,17-19,21,23H,3-5,9-14,16H2,1-2H3/t21-/m1/s1. The molecule has 1 amide bonds. The first kappa shape index (κ1) is 22.8. The van der Waals surface area contributed by atoms with Crippen molar-refractivity contribution in [3.8, 4) is 5.75 Å². The highest BCUT2D eigenvalue weighted by atomic mass is 16.5. The van der Waals surface area contributed by atoms with Crippen molar-refractivity contribution in [3.05, 3.63) is 54.2 Å².